The lowest BCUT2D eigenvalue weighted by molar-refractivity contribution is -0.135. The van der Waals surface area contributed by atoms with Gasteiger partial charge in [0.15, 0.2) is 6.61 Å². The van der Waals surface area contributed by atoms with E-state index in [0.29, 0.717) is 18.8 Å². The summed E-state index contributed by atoms with van der Waals surface area (Å²) in [4.78, 5) is 28.7. The smallest absolute Gasteiger partial charge is 0.260 e. The van der Waals surface area contributed by atoms with Crippen LogP contribution in [0.1, 0.15) is 25.7 Å². The number of likely N-dealkylation sites (tertiary alicyclic amines) is 1. The Balaban J connectivity index is 1.66. The summed E-state index contributed by atoms with van der Waals surface area (Å²) in [6, 6.07) is 9.36. The average Bonchev–Trinajstić information content (AvgIpc) is 3.21. The molecule has 1 saturated heterocycles. The van der Waals surface area contributed by atoms with Gasteiger partial charge in [-0.25, -0.2) is 0 Å². The molecular formula is C19H26N2O3. The maximum absolute atomic E-state index is 12.6. The maximum Gasteiger partial charge on any atom is 0.260 e. The quantitative estimate of drug-likeness (QED) is 0.850. The molecule has 3 rings (SSSR count). The molecule has 1 saturated carbocycles. The number of hydrogen-bond donors (Lipinski definition) is 0. The first-order valence-electron chi connectivity index (χ1n) is 8.69. The molecule has 1 heterocycles. The first-order chi connectivity index (χ1) is 11.5. The minimum absolute atomic E-state index is 0.0240. The number of amides is 2. The Labute approximate surface area is 143 Å². The lowest BCUT2D eigenvalue weighted by Gasteiger charge is -2.30. The van der Waals surface area contributed by atoms with Crippen molar-refractivity contribution in [3.8, 4) is 5.75 Å². The van der Waals surface area contributed by atoms with Gasteiger partial charge in [-0.3, -0.25) is 9.59 Å². The van der Waals surface area contributed by atoms with Gasteiger partial charge in [0.2, 0.25) is 5.91 Å². The molecule has 1 aromatic rings. The van der Waals surface area contributed by atoms with E-state index >= 15 is 0 Å². The Morgan fingerprint density at radius 3 is 2.50 bits per heavy atom. The molecule has 1 aromatic carbocycles. The van der Waals surface area contributed by atoms with Crippen LogP contribution in [0.15, 0.2) is 30.3 Å². The second-order valence-electron chi connectivity index (χ2n) is 7.23. The molecule has 0 radical (unpaired) electrons. The highest BCUT2D eigenvalue weighted by Crippen LogP contribution is 2.49. The highest BCUT2D eigenvalue weighted by atomic mass is 16.5. The van der Waals surface area contributed by atoms with Crippen LogP contribution in [0.4, 0.5) is 0 Å². The molecule has 130 valence electrons. The first-order valence-corrected chi connectivity index (χ1v) is 8.69. The number of benzene rings is 1. The minimum Gasteiger partial charge on any atom is -0.484 e. The molecule has 0 aromatic heterocycles. The first kappa shape index (κ1) is 16.8. The zero-order valence-electron chi connectivity index (χ0n) is 14.5. The monoisotopic (exact) mass is 330 g/mol. The topological polar surface area (TPSA) is 49.9 Å². The van der Waals surface area contributed by atoms with Crippen molar-refractivity contribution < 1.29 is 14.3 Å². The number of carbonyl (C=O) groups is 2. The molecule has 0 bridgehead atoms. The highest BCUT2D eigenvalue weighted by Gasteiger charge is 2.52. The number of nitrogens with zero attached hydrogens (tertiary/aromatic N) is 2. The Hall–Kier alpha value is -2.04. The van der Waals surface area contributed by atoms with Crippen LogP contribution in [-0.4, -0.2) is 55.4 Å². The minimum atomic E-state index is -0.0734. The fourth-order valence-electron chi connectivity index (χ4n) is 4.15. The molecule has 5 nitrogen and oxygen atoms in total. The Kier molecular flexibility index (Phi) is 4.78. The number of hydrogen-bond acceptors (Lipinski definition) is 3. The van der Waals surface area contributed by atoms with E-state index in [1.54, 1.807) is 19.0 Å². The van der Waals surface area contributed by atoms with Gasteiger partial charge in [-0.1, -0.05) is 31.0 Å². The van der Waals surface area contributed by atoms with E-state index in [0.717, 1.165) is 25.7 Å². The third kappa shape index (κ3) is 3.25. The SMILES string of the molecule is CN(C)C(=O)C1CN(C(=O)COc2ccccc2)CC12CCCC2. The van der Waals surface area contributed by atoms with Crippen LogP contribution in [0.25, 0.3) is 0 Å². The molecule has 1 unspecified atom stereocenters. The number of para-hydroxylation sites is 1. The average molecular weight is 330 g/mol. The number of carbonyl (C=O) groups excluding carboxylic acids is 2. The van der Waals surface area contributed by atoms with E-state index in [1.165, 1.54) is 0 Å². The van der Waals surface area contributed by atoms with Crippen molar-refractivity contribution >= 4 is 11.8 Å². The number of ether oxygens (including phenoxy) is 1. The van der Waals surface area contributed by atoms with E-state index in [1.807, 2.05) is 35.2 Å². The molecule has 1 atom stereocenters. The van der Waals surface area contributed by atoms with Gasteiger partial charge in [0.1, 0.15) is 5.75 Å². The Bertz CT molecular complexity index is 594. The van der Waals surface area contributed by atoms with Gasteiger partial charge < -0.3 is 14.5 Å². The predicted molar refractivity (Wildman–Crippen MR) is 91.6 cm³/mol. The van der Waals surface area contributed by atoms with Crippen molar-refractivity contribution in [2.75, 3.05) is 33.8 Å². The second kappa shape index (κ2) is 6.83. The van der Waals surface area contributed by atoms with Crippen LogP contribution in [0, 0.1) is 11.3 Å². The van der Waals surface area contributed by atoms with Crippen molar-refractivity contribution in [3.63, 3.8) is 0 Å². The molecule has 2 aliphatic rings. The van der Waals surface area contributed by atoms with E-state index in [9.17, 15) is 9.59 Å². The third-order valence-electron chi connectivity index (χ3n) is 5.44. The van der Waals surface area contributed by atoms with Gasteiger partial charge in [0.25, 0.3) is 5.91 Å². The van der Waals surface area contributed by atoms with E-state index < -0.39 is 0 Å². The largest absolute Gasteiger partial charge is 0.484 e. The van der Waals surface area contributed by atoms with Crippen LogP contribution in [0.5, 0.6) is 5.75 Å². The van der Waals surface area contributed by atoms with Gasteiger partial charge in [-0.15, -0.1) is 0 Å². The summed E-state index contributed by atoms with van der Waals surface area (Å²) in [5.74, 6) is 0.743. The fraction of sp³-hybridized carbons (Fsp3) is 0.579. The van der Waals surface area contributed by atoms with Crippen molar-refractivity contribution in [1.82, 2.24) is 9.80 Å². The molecule has 2 amide bonds. The molecule has 1 spiro atoms. The molecular weight excluding hydrogens is 304 g/mol. The normalized spacial score (nSPS) is 21.9. The molecule has 1 aliphatic heterocycles. The van der Waals surface area contributed by atoms with Gasteiger partial charge in [0.05, 0.1) is 5.92 Å². The van der Waals surface area contributed by atoms with Crippen LogP contribution in [0.3, 0.4) is 0 Å². The second-order valence-corrected chi connectivity index (χ2v) is 7.23. The molecule has 0 N–H and O–H groups in total. The molecule has 24 heavy (non-hydrogen) atoms. The Morgan fingerprint density at radius 1 is 1.21 bits per heavy atom. The van der Waals surface area contributed by atoms with Crippen molar-refractivity contribution in [1.29, 1.82) is 0 Å². The zero-order chi connectivity index (χ0) is 17.2. The zero-order valence-corrected chi connectivity index (χ0v) is 14.5. The fourth-order valence-corrected chi connectivity index (χ4v) is 4.15. The summed E-state index contributed by atoms with van der Waals surface area (Å²) >= 11 is 0. The summed E-state index contributed by atoms with van der Waals surface area (Å²) in [7, 11) is 3.60. The maximum atomic E-state index is 12.6. The molecule has 2 fully saturated rings. The summed E-state index contributed by atoms with van der Waals surface area (Å²) in [6.07, 6.45) is 4.39. The third-order valence-corrected chi connectivity index (χ3v) is 5.44. The van der Waals surface area contributed by atoms with Gasteiger partial charge in [-0.05, 0) is 25.0 Å². The van der Waals surface area contributed by atoms with Gasteiger partial charge >= 0.3 is 0 Å². The van der Waals surface area contributed by atoms with Crippen molar-refractivity contribution in [2.24, 2.45) is 11.3 Å². The van der Waals surface area contributed by atoms with Crippen LogP contribution < -0.4 is 4.74 Å². The lowest BCUT2D eigenvalue weighted by atomic mass is 9.76. The lowest BCUT2D eigenvalue weighted by Crippen LogP contribution is -2.39. The van der Waals surface area contributed by atoms with Gasteiger partial charge in [0, 0.05) is 32.6 Å². The Morgan fingerprint density at radius 2 is 1.88 bits per heavy atom. The summed E-state index contributed by atoms with van der Waals surface area (Å²) < 4.78 is 5.59. The summed E-state index contributed by atoms with van der Waals surface area (Å²) in [5.41, 5.74) is -0.0240. The van der Waals surface area contributed by atoms with Crippen LogP contribution in [0.2, 0.25) is 0 Å². The van der Waals surface area contributed by atoms with Crippen molar-refractivity contribution in [2.45, 2.75) is 25.7 Å². The summed E-state index contributed by atoms with van der Waals surface area (Å²) in [5, 5.41) is 0. The standard InChI is InChI=1S/C19H26N2O3/c1-20(2)18(23)16-12-21(14-19(16)10-6-7-11-19)17(22)13-24-15-8-4-3-5-9-15/h3-5,8-9,16H,6-7,10-14H2,1-2H3. The van der Waals surface area contributed by atoms with E-state index in [-0.39, 0.29) is 29.8 Å². The summed E-state index contributed by atoms with van der Waals surface area (Å²) in [6.45, 7) is 1.24. The van der Waals surface area contributed by atoms with Gasteiger partial charge in [-0.2, -0.15) is 0 Å². The predicted octanol–water partition coefficient (Wildman–Crippen LogP) is 2.17. The highest BCUT2D eigenvalue weighted by molar-refractivity contribution is 5.83. The van der Waals surface area contributed by atoms with E-state index in [2.05, 4.69) is 0 Å². The number of rotatable bonds is 4. The van der Waals surface area contributed by atoms with Crippen LogP contribution >= 0.6 is 0 Å². The van der Waals surface area contributed by atoms with Crippen molar-refractivity contribution in [3.05, 3.63) is 30.3 Å². The van der Waals surface area contributed by atoms with Crippen LogP contribution in [-0.2, 0) is 9.59 Å². The van der Waals surface area contributed by atoms with E-state index in [4.69, 9.17) is 4.74 Å². The molecule has 5 heteroatoms. The molecule has 1 aliphatic carbocycles.